The number of H-pyrrole nitrogens is 1. The normalized spacial score (nSPS) is 17.6. The van der Waals surface area contributed by atoms with Gasteiger partial charge in [0.15, 0.2) is 6.23 Å². The highest BCUT2D eigenvalue weighted by Gasteiger charge is 2.49. The minimum atomic E-state index is -1.31. The van der Waals surface area contributed by atoms with E-state index < -0.39 is 41.3 Å². The predicted octanol–water partition coefficient (Wildman–Crippen LogP) is 6.48. The van der Waals surface area contributed by atoms with Crippen LogP contribution in [0.4, 0.5) is 0 Å². The van der Waals surface area contributed by atoms with Crippen molar-refractivity contribution < 1.29 is 28.8 Å². The quantitative estimate of drug-likeness (QED) is 0.0862. The number of nitrogens with zero attached hydrogens (tertiary/aromatic N) is 4. The molecule has 2 aromatic heterocycles. The number of aromatic nitrogens is 5. The molecule has 3 N–H and O–H groups in total. The van der Waals surface area contributed by atoms with Crippen molar-refractivity contribution >= 4 is 38.2 Å². The van der Waals surface area contributed by atoms with Gasteiger partial charge in [0.2, 0.25) is 0 Å². The molecule has 64 heavy (non-hydrogen) atoms. The standard InChI is InChI=1S/C50H42N6O8/c1-61-37-19-15-34(16-20-37)50(33-9-4-3-5-10-33,35-17-21-38(62-2)22-18-35)63-29-41-46(58)45(48(64-41)55-26-25-42(57)52-49(55)60)56-28-36(53-54-56)27-51-47(59)40-24-14-32-12-11-30-7-6-8-31-13-23-39(40)44(32)43(30)31/h3-26,28,41,45-46,48,58H,27,29H2,1-2H3,(H,51,59)(H,52,57,60)/t41-,45-,46-,48-/m1/s1. The Labute approximate surface area is 365 Å². The van der Waals surface area contributed by atoms with Crippen LogP contribution in [0.2, 0.25) is 0 Å². The van der Waals surface area contributed by atoms with E-state index in [0.717, 1.165) is 49.0 Å². The number of carbonyl (C=O) groups is 1. The molecule has 1 fully saturated rings. The fourth-order valence-electron chi connectivity index (χ4n) is 9.03. The number of methoxy groups -OCH3 is 2. The zero-order valence-corrected chi connectivity index (χ0v) is 34.8. The molecular formula is C50H42N6O8. The van der Waals surface area contributed by atoms with Gasteiger partial charge < -0.3 is 29.4 Å². The molecule has 1 aliphatic heterocycles. The maximum Gasteiger partial charge on any atom is 0.330 e. The molecule has 0 radical (unpaired) electrons. The van der Waals surface area contributed by atoms with Gasteiger partial charge in [-0.3, -0.25) is 19.1 Å². The molecule has 10 rings (SSSR count). The Balaban J connectivity index is 0.961. The van der Waals surface area contributed by atoms with E-state index in [2.05, 4.69) is 44.9 Å². The van der Waals surface area contributed by atoms with Gasteiger partial charge >= 0.3 is 5.69 Å². The average Bonchev–Trinajstić information content (AvgIpc) is 3.94. The first-order valence-corrected chi connectivity index (χ1v) is 20.7. The van der Waals surface area contributed by atoms with Crippen molar-refractivity contribution in [2.45, 2.75) is 36.6 Å². The molecule has 0 unspecified atom stereocenters. The lowest BCUT2D eigenvalue weighted by Crippen LogP contribution is -2.39. The number of aromatic amines is 1. The van der Waals surface area contributed by atoms with Gasteiger partial charge in [0.05, 0.1) is 33.6 Å². The predicted molar refractivity (Wildman–Crippen MR) is 240 cm³/mol. The largest absolute Gasteiger partial charge is 0.497 e. The van der Waals surface area contributed by atoms with Gasteiger partial charge in [0.1, 0.15) is 41.0 Å². The van der Waals surface area contributed by atoms with Gasteiger partial charge in [-0.15, -0.1) is 5.10 Å². The monoisotopic (exact) mass is 854 g/mol. The molecule has 14 nitrogen and oxygen atoms in total. The minimum Gasteiger partial charge on any atom is -0.497 e. The number of aliphatic hydroxyl groups excluding tert-OH is 1. The van der Waals surface area contributed by atoms with Crippen LogP contribution in [0.3, 0.4) is 0 Å². The molecular weight excluding hydrogens is 813 g/mol. The molecule has 1 saturated heterocycles. The Morgan fingerprint density at radius 2 is 1.39 bits per heavy atom. The Kier molecular flexibility index (Phi) is 10.5. The fourth-order valence-corrected chi connectivity index (χ4v) is 9.03. The summed E-state index contributed by atoms with van der Waals surface area (Å²) < 4.78 is 27.2. The lowest BCUT2D eigenvalue weighted by molar-refractivity contribution is -0.0948. The number of hydrogen-bond acceptors (Lipinski definition) is 10. The second-order valence-corrected chi connectivity index (χ2v) is 15.7. The topological polar surface area (TPSA) is 172 Å². The third-order valence-electron chi connectivity index (χ3n) is 12.2. The second-order valence-electron chi connectivity index (χ2n) is 15.7. The highest BCUT2D eigenvalue weighted by atomic mass is 16.6. The first-order valence-electron chi connectivity index (χ1n) is 20.7. The number of nitrogens with one attached hydrogen (secondary N) is 2. The summed E-state index contributed by atoms with van der Waals surface area (Å²) in [6, 6.07) is 43.1. The van der Waals surface area contributed by atoms with Gasteiger partial charge in [-0.2, -0.15) is 0 Å². The van der Waals surface area contributed by atoms with E-state index in [1.54, 1.807) is 20.4 Å². The zero-order valence-electron chi connectivity index (χ0n) is 34.8. The van der Waals surface area contributed by atoms with E-state index in [1.165, 1.54) is 21.5 Å². The smallest absolute Gasteiger partial charge is 0.330 e. The molecule has 1 amide bonds. The van der Waals surface area contributed by atoms with Gasteiger partial charge in [0.25, 0.3) is 11.5 Å². The van der Waals surface area contributed by atoms with Crippen molar-refractivity contribution in [3.63, 3.8) is 0 Å². The third kappa shape index (κ3) is 7.03. The Bertz CT molecular complexity index is 3180. The van der Waals surface area contributed by atoms with Crippen molar-refractivity contribution in [3.05, 3.63) is 201 Å². The molecule has 1 aliphatic rings. The minimum absolute atomic E-state index is 0.0175. The lowest BCUT2D eigenvalue weighted by Gasteiger charge is -2.37. The van der Waals surface area contributed by atoms with E-state index in [9.17, 15) is 19.5 Å². The lowest BCUT2D eigenvalue weighted by atomic mass is 9.80. The van der Waals surface area contributed by atoms with Crippen LogP contribution in [0.5, 0.6) is 11.5 Å². The summed E-state index contributed by atoms with van der Waals surface area (Å²) in [5, 5.41) is 30.2. The number of hydrogen-bond donors (Lipinski definition) is 3. The van der Waals surface area contributed by atoms with Gasteiger partial charge in [-0.05, 0) is 79.3 Å². The number of rotatable bonds is 13. The summed E-state index contributed by atoms with van der Waals surface area (Å²) in [6.45, 7) is -0.153. The van der Waals surface area contributed by atoms with Crippen LogP contribution in [0.25, 0.3) is 32.3 Å². The summed E-state index contributed by atoms with van der Waals surface area (Å²) in [5.74, 6) is 1.03. The molecule has 0 saturated carbocycles. The second kappa shape index (κ2) is 16.6. The van der Waals surface area contributed by atoms with Crippen molar-refractivity contribution in [1.82, 2.24) is 29.9 Å². The molecule has 9 aromatic rings. The van der Waals surface area contributed by atoms with Crippen LogP contribution in [-0.4, -0.2) is 68.6 Å². The molecule has 0 spiro atoms. The van der Waals surface area contributed by atoms with E-state index in [0.29, 0.717) is 22.8 Å². The van der Waals surface area contributed by atoms with Crippen LogP contribution >= 0.6 is 0 Å². The summed E-state index contributed by atoms with van der Waals surface area (Å²) in [4.78, 5) is 41.6. The van der Waals surface area contributed by atoms with Crippen LogP contribution in [0.1, 0.15) is 45.0 Å². The molecule has 4 atom stereocenters. The van der Waals surface area contributed by atoms with Crippen LogP contribution < -0.4 is 26.0 Å². The maximum atomic E-state index is 13.8. The Morgan fingerprint density at radius 3 is 2.05 bits per heavy atom. The van der Waals surface area contributed by atoms with E-state index in [4.69, 9.17) is 18.9 Å². The molecule has 0 bridgehead atoms. The van der Waals surface area contributed by atoms with Crippen LogP contribution in [-0.2, 0) is 21.6 Å². The Hall–Kier alpha value is -7.65. The van der Waals surface area contributed by atoms with Crippen molar-refractivity contribution in [3.8, 4) is 11.5 Å². The molecule has 0 aliphatic carbocycles. The van der Waals surface area contributed by atoms with Crippen molar-refractivity contribution in [1.29, 1.82) is 0 Å². The summed E-state index contributed by atoms with van der Waals surface area (Å²) in [7, 11) is 3.20. The average molecular weight is 855 g/mol. The van der Waals surface area contributed by atoms with E-state index in [1.807, 2.05) is 109 Å². The van der Waals surface area contributed by atoms with Gasteiger partial charge in [0, 0.05) is 17.8 Å². The number of carbonyl (C=O) groups excluding carboxylic acids is 1. The van der Waals surface area contributed by atoms with Crippen LogP contribution in [0, 0.1) is 0 Å². The number of benzene rings is 7. The zero-order chi connectivity index (χ0) is 44.0. The Morgan fingerprint density at radius 1 is 0.766 bits per heavy atom. The van der Waals surface area contributed by atoms with E-state index in [-0.39, 0.29) is 19.1 Å². The molecule has 3 heterocycles. The highest BCUT2D eigenvalue weighted by molar-refractivity contribution is 6.26. The van der Waals surface area contributed by atoms with Gasteiger partial charge in [-0.1, -0.05) is 108 Å². The van der Waals surface area contributed by atoms with Crippen molar-refractivity contribution in [2.24, 2.45) is 0 Å². The number of ether oxygens (including phenoxy) is 4. The first-order chi connectivity index (χ1) is 31.2. The maximum absolute atomic E-state index is 13.8. The van der Waals surface area contributed by atoms with Gasteiger partial charge in [-0.25, -0.2) is 9.48 Å². The molecule has 320 valence electrons. The first kappa shape index (κ1) is 40.4. The molecule has 7 aromatic carbocycles. The summed E-state index contributed by atoms with van der Waals surface area (Å²) in [6.07, 6.45) is -0.604. The summed E-state index contributed by atoms with van der Waals surface area (Å²) in [5.41, 5.74) is 0.686. The molecule has 14 heteroatoms. The number of amides is 1. The number of aliphatic hydroxyl groups is 1. The van der Waals surface area contributed by atoms with Crippen LogP contribution in [0.15, 0.2) is 162 Å². The fraction of sp³-hybridized carbons (Fsp3) is 0.180. The third-order valence-corrected chi connectivity index (χ3v) is 12.2. The van der Waals surface area contributed by atoms with Crippen molar-refractivity contribution in [2.75, 3.05) is 20.8 Å². The summed E-state index contributed by atoms with van der Waals surface area (Å²) >= 11 is 0. The van der Waals surface area contributed by atoms with E-state index >= 15 is 0 Å². The SMILES string of the molecule is COc1ccc(C(OC[C@H]2O[C@@H](n3ccc(=O)[nH]c3=O)[C@H](n3cc(CNC(=O)c4ccc5ccc6cccc7ccc4c5c67)nn3)[C@@H]2O)(c2ccccc2)c2ccc(OC)cc2)cc1. The highest BCUT2D eigenvalue weighted by Crippen LogP contribution is 2.44.